The van der Waals surface area contributed by atoms with Gasteiger partial charge < -0.3 is 4.74 Å². The second-order valence-corrected chi connectivity index (χ2v) is 5.69. The first-order valence-corrected chi connectivity index (χ1v) is 6.63. The Bertz CT molecular complexity index is 403. The zero-order valence-electron chi connectivity index (χ0n) is 10.3. The molecule has 0 aromatic heterocycles. The molecule has 0 saturated heterocycles. The molecule has 1 aromatic rings. The Balaban J connectivity index is 1.72. The lowest BCUT2D eigenvalue weighted by Crippen LogP contribution is -2.26. The number of halogens is 1. The normalized spacial score (nSPS) is 31.5. The topological polar surface area (TPSA) is 9.23 Å². The molecule has 0 radical (unpaired) electrons. The molecule has 3 rings (SSSR count). The van der Waals surface area contributed by atoms with E-state index in [4.69, 9.17) is 4.74 Å². The summed E-state index contributed by atoms with van der Waals surface area (Å²) in [5.41, 5.74) is 1.06. The highest BCUT2D eigenvalue weighted by atomic mass is 19.1. The van der Waals surface area contributed by atoms with Crippen molar-refractivity contribution in [3.8, 4) is 5.75 Å². The number of hydrogen-bond acceptors (Lipinski definition) is 1. The molecule has 2 heteroatoms. The van der Waals surface area contributed by atoms with E-state index in [1.165, 1.54) is 25.3 Å². The first-order chi connectivity index (χ1) is 8.20. The van der Waals surface area contributed by atoms with Gasteiger partial charge in [0.05, 0.1) is 6.10 Å². The number of benzene rings is 1. The van der Waals surface area contributed by atoms with Crippen LogP contribution in [0.4, 0.5) is 4.39 Å². The van der Waals surface area contributed by atoms with Crippen LogP contribution in [0.5, 0.6) is 5.75 Å². The fourth-order valence-corrected chi connectivity index (χ4v) is 3.42. The second kappa shape index (κ2) is 4.32. The monoisotopic (exact) mass is 234 g/mol. The summed E-state index contributed by atoms with van der Waals surface area (Å²) >= 11 is 0. The third-order valence-electron chi connectivity index (χ3n) is 4.22. The summed E-state index contributed by atoms with van der Waals surface area (Å²) in [6, 6.07) is 5.10. The molecule has 0 N–H and O–H groups in total. The minimum Gasteiger partial charge on any atom is -0.487 e. The molecule has 2 aliphatic carbocycles. The predicted molar refractivity (Wildman–Crippen MR) is 65.6 cm³/mol. The van der Waals surface area contributed by atoms with Crippen LogP contribution in [0.25, 0.3) is 0 Å². The van der Waals surface area contributed by atoms with E-state index in [0.717, 1.165) is 30.2 Å². The van der Waals surface area contributed by atoms with Gasteiger partial charge in [0.1, 0.15) is 0 Å². The Morgan fingerprint density at radius 3 is 2.53 bits per heavy atom. The average molecular weight is 234 g/mol. The second-order valence-electron chi connectivity index (χ2n) is 5.69. The standard InChI is InChI=1S/C15H19FO/c1-10-2-5-14(16)15(6-10)17-13-8-11-3-4-12(7-11)9-13/h2,5-6,11-13H,3-4,7-9H2,1H3/t11-,12+,13?. The zero-order valence-corrected chi connectivity index (χ0v) is 10.3. The van der Waals surface area contributed by atoms with Crippen molar-refractivity contribution in [3.63, 3.8) is 0 Å². The summed E-state index contributed by atoms with van der Waals surface area (Å²) in [5.74, 6) is 1.86. The van der Waals surface area contributed by atoms with Crippen molar-refractivity contribution in [1.82, 2.24) is 0 Å². The molecule has 3 atom stereocenters. The number of rotatable bonds is 2. The highest BCUT2D eigenvalue weighted by Crippen LogP contribution is 2.43. The molecule has 2 bridgehead atoms. The van der Waals surface area contributed by atoms with Gasteiger partial charge in [0.25, 0.3) is 0 Å². The molecular weight excluding hydrogens is 215 g/mol. The molecule has 1 unspecified atom stereocenters. The molecule has 2 fully saturated rings. The fourth-order valence-electron chi connectivity index (χ4n) is 3.42. The Hall–Kier alpha value is -1.05. The quantitative estimate of drug-likeness (QED) is 0.748. The summed E-state index contributed by atoms with van der Waals surface area (Å²) in [7, 11) is 0. The van der Waals surface area contributed by atoms with Crippen molar-refractivity contribution in [3.05, 3.63) is 29.6 Å². The smallest absolute Gasteiger partial charge is 0.165 e. The minimum atomic E-state index is -0.228. The summed E-state index contributed by atoms with van der Waals surface area (Å²) in [5, 5.41) is 0. The molecule has 1 aromatic carbocycles. The fraction of sp³-hybridized carbons (Fsp3) is 0.600. The van der Waals surface area contributed by atoms with Crippen molar-refractivity contribution in [2.24, 2.45) is 11.8 Å². The summed E-state index contributed by atoms with van der Waals surface area (Å²) < 4.78 is 19.5. The first kappa shape index (κ1) is 11.1. The van der Waals surface area contributed by atoms with Crippen LogP contribution in [0.2, 0.25) is 0 Å². The van der Waals surface area contributed by atoms with Crippen LogP contribution >= 0.6 is 0 Å². The Morgan fingerprint density at radius 1 is 1.12 bits per heavy atom. The van der Waals surface area contributed by atoms with Crippen LogP contribution in [0.15, 0.2) is 18.2 Å². The molecular formula is C15H19FO. The highest BCUT2D eigenvalue weighted by molar-refractivity contribution is 5.29. The van der Waals surface area contributed by atoms with Gasteiger partial charge in [-0.3, -0.25) is 0 Å². The van der Waals surface area contributed by atoms with Crippen molar-refractivity contribution in [1.29, 1.82) is 0 Å². The summed E-state index contributed by atoms with van der Waals surface area (Å²) in [6.07, 6.45) is 6.53. The van der Waals surface area contributed by atoms with Crippen LogP contribution in [-0.4, -0.2) is 6.10 Å². The maximum Gasteiger partial charge on any atom is 0.165 e. The maximum atomic E-state index is 13.6. The lowest BCUT2D eigenvalue weighted by molar-refractivity contribution is 0.114. The van der Waals surface area contributed by atoms with Gasteiger partial charge in [-0.2, -0.15) is 0 Å². The van der Waals surface area contributed by atoms with Crippen LogP contribution in [0, 0.1) is 24.6 Å². The Morgan fingerprint density at radius 2 is 1.82 bits per heavy atom. The van der Waals surface area contributed by atoms with E-state index in [1.807, 2.05) is 13.0 Å². The third-order valence-corrected chi connectivity index (χ3v) is 4.22. The number of aryl methyl sites for hydroxylation is 1. The lowest BCUT2D eigenvalue weighted by Gasteiger charge is -2.28. The molecule has 0 aliphatic heterocycles. The van der Waals surface area contributed by atoms with Crippen LogP contribution in [-0.2, 0) is 0 Å². The van der Waals surface area contributed by atoms with Crippen molar-refractivity contribution >= 4 is 0 Å². The molecule has 2 aliphatic rings. The van der Waals surface area contributed by atoms with Gasteiger partial charge in [-0.15, -0.1) is 0 Å². The van der Waals surface area contributed by atoms with Gasteiger partial charge >= 0.3 is 0 Å². The van der Waals surface area contributed by atoms with E-state index in [-0.39, 0.29) is 11.9 Å². The largest absolute Gasteiger partial charge is 0.487 e. The summed E-state index contributed by atoms with van der Waals surface area (Å²) in [6.45, 7) is 1.97. The van der Waals surface area contributed by atoms with Crippen LogP contribution in [0.1, 0.15) is 37.7 Å². The van der Waals surface area contributed by atoms with E-state index in [1.54, 1.807) is 6.07 Å². The number of hydrogen-bond donors (Lipinski definition) is 0. The van der Waals surface area contributed by atoms with E-state index in [2.05, 4.69) is 0 Å². The molecule has 0 heterocycles. The lowest BCUT2D eigenvalue weighted by atomic mass is 9.87. The molecule has 0 amide bonds. The van der Waals surface area contributed by atoms with Gasteiger partial charge in [-0.1, -0.05) is 18.9 Å². The van der Waals surface area contributed by atoms with Crippen LogP contribution in [0.3, 0.4) is 0 Å². The van der Waals surface area contributed by atoms with Crippen molar-refractivity contribution in [2.45, 2.75) is 45.1 Å². The molecule has 1 nitrogen and oxygen atoms in total. The number of fused-ring (bicyclic) bond motifs is 2. The molecule has 17 heavy (non-hydrogen) atoms. The molecule has 0 spiro atoms. The van der Waals surface area contributed by atoms with E-state index in [9.17, 15) is 4.39 Å². The zero-order chi connectivity index (χ0) is 11.8. The SMILES string of the molecule is Cc1ccc(F)c(OC2C[C@H]3CC[C@@H](C2)C3)c1. The predicted octanol–water partition coefficient (Wildman–Crippen LogP) is 4.09. The van der Waals surface area contributed by atoms with Crippen molar-refractivity contribution < 1.29 is 9.13 Å². The van der Waals surface area contributed by atoms with Gasteiger partial charge in [0, 0.05) is 0 Å². The summed E-state index contributed by atoms with van der Waals surface area (Å²) in [4.78, 5) is 0. The highest BCUT2D eigenvalue weighted by Gasteiger charge is 2.35. The molecule has 92 valence electrons. The van der Waals surface area contributed by atoms with Gasteiger partial charge in [-0.05, 0) is 55.7 Å². The Labute approximate surface area is 102 Å². The Kier molecular flexibility index (Phi) is 2.81. The van der Waals surface area contributed by atoms with E-state index >= 15 is 0 Å². The van der Waals surface area contributed by atoms with Gasteiger partial charge in [0.2, 0.25) is 0 Å². The van der Waals surface area contributed by atoms with Gasteiger partial charge in [-0.25, -0.2) is 4.39 Å². The maximum absolute atomic E-state index is 13.6. The van der Waals surface area contributed by atoms with Gasteiger partial charge in [0.15, 0.2) is 11.6 Å². The third kappa shape index (κ3) is 2.31. The number of ether oxygens (including phenoxy) is 1. The van der Waals surface area contributed by atoms with E-state index in [0.29, 0.717) is 5.75 Å². The molecule has 2 saturated carbocycles. The first-order valence-electron chi connectivity index (χ1n) is 6.63. The van der Waals surface area contributed by atoms with E-state index < -0.39 is 0 Å². The van der Waals surface area contributed by atoms with Crippen molar-refractivity contribution in [2.75, 3.05) is 0 Å². The minimum absolute atomic E-state index is 0.228. The van der Waals surface area contributed by atoms with Crippen LogP contribution < -0.4 is 4.74 Å². The average Bonchev–Trinajstić information content (AvgIpc) is 2.63.